The summed E-state index contributed by atoms with van der Waals surface area (Å²) in [5.74, 6) is -0.215. The van der Waals surface area contributed by atoms with Crippen LogP contribution in [-0.2, 0) is 9.53 Å². The van der Waals surface area contributed by atoms with E-state index < -0.39 is 11.5 Å². The summed E-state index contributed by atoms with van der Waals surface area (Å²) in [6.45, 7) is 3.23. The Hall–Kier alpha value is -0.610. The van der Waals surface area contributed by atoms with Crippen LogP contribution in [0.5, 0.6) is 0 Å². The lowest BCUT2D eigenvalue weighted by atomic mass is 9.69. The minimum Gasteiger partial charge on any atom is -0.480 e. The van der Waals surface area contributed by atoms with Gasteiger partial charge in [0.05, 0.1) is 6.61 Å². The van der Waals surface area contributed by atoms with Gasteiger partial charge in [-0.15, -0.1) is 0 Å². The quantitative estimate of drug-likeness (QED) is 0.614. The molecule has 76 valence electrons. The van der Waals surface area contributed by atoms with E-state index in [2.05, 4.69) is 12.2 Å². The van der Waals surface area contributed by atoms with Crippen LogP contribution < -0.4 is 5.32 Å². The number of carbonyl (C=O) groups is 1. The van der Waals surface area contributed by atoms with Crippen LogP contribution in [0.3, 0.4) is 0 Å². The number of aliphatic carboxylic acids is 1. The van der Waals surface area contributed by atoms with Crippen molar-refractivity contribution in [3.8, 4) is 0 Å². The van der Waals surface area contributed by atoms with Gasteiger partial charge in [-0.05, 0) is 18.8 Å². The fraction of sp³-hybridized carbons (Fsp3) is 0.889. The van der Waals surface area contributed by atoms with Crippen molar-refractivity contribution in [1.82, 2.24) is 5.32 Å². The van der Waals surface area contributed by atoms with Crippen LogP contribution in [0.1, 0.15) is 19.8 Å². The van der Waals surface area contributed by atoms with E-state index in [1.165, 1.54) is 0 Å². The van der Waals surface area contributed by atoms with Gasteiger partial charge in [-0.3, -0.25) is 10.1 Å². The van der Waals surface area contributed by atoms with E-state index in [1.54, 1.807) is 7.11 Å². The maximum atomic E-state index is 10.9. The van der Waals surface area contributed by atoms with E-state index in [9.17, 15) is 4.79 Å². The van der Waals surface area contributed by atoms with Crippen LogP contribution >= 0.6 is 0 Å². The van der Waals surface area contributed by atoms with Gasteiger partial charge in [-0.1, -0.05) is 6.92 Å². The molecule has 0 atom stereocenters. The number of ether oxygens (including phenoxy) is 1. The third-order valence-electron chi connectivity index (χ3n) is 2.57. The van der Waals surface area contributed by atoms with Crippen molar-refractivity contribution in [1.29, 1.82) is 0 Å². The van der Waals surface area contributed by atoms with Crippen molar-refractivity contribution >= 4 is 5.97 Å². The zero-order chi connectivity index (χ0) is 9.90. The average molecular weight is 187 g/mol. The van der Waals surface area contributed by atoms with Gasteiger partial charge in [0.2, 0.25) is 0 Å². The first kappa shape index (κ1) is 10.5. The molecule has 4 heteroatoms. The highest BCUT2D eigenvalue weighted by molar-refractivity contribution is 5.80. The number of carboxylic acid groups (broad SMARTS) is 1. The molecule has 4 nitrogen and oxygen atoms in total. The highest BCUT2D eigenvalue weighted by atomic mass is 16.5. The summed E-state index contributed by atoms with van der Waals surface area (Å²) in [4.78, 5) is 10.9. The number of nitrogens with one attached hydrogen (secondary N) is 1. The maximum Gasteiger partial charge on any atom is 0.323 e. The second kappa shape index (κ2) is 4.07. The van der Waals surface area contributed by atoms with Crippen LogP contribution in [0.15, 0.2) is 0 Å². The summed E-state index contributed by atoms with van der Waals surface area (Å²) in [5, 5.41) is 12.0. The van der Waals surface area contributed by atoms with Gasteiger partial charge in [0.1, 0.15) is 5.54 Å². The van der Waals surface area contributed by atoms with Gasteiger partial charge in [0, 0.05) is 13.7 Å². The van der Waals surface area contributed by atoms with Crippen molar-refractivity contribution in [3.63, 3.8) is 0 Å². The Morgan fingerprint density at radius 2 is 2.31 bits per heavy atom. The van der Waals surface area contributed by atoms with Gasteiger partial charge >= 0.3 is 5.97 Å². The summed E-state index contributed by atoms with van der Waals surface area (Å²) in [6, 6.07) is 0. The molecule has 0 aromatic carbocycles. The minimum absolute atomic E-state index is 0.520. The summed E-state index contributed by atoms with van der Waals surface area (Å²) in [5.41, 5.74) is -0.669. The Bertz CT molecular complexity index is 187. The van der Waals surface area contributed by atoms with Crippen LogP contribution in [0.2, 0.25) is 0 Å². The Kier molecular flexibility index (Phi) is 3.27. The standard InChI is InChI=1S/C9H17NO3/c1-7-5-9(6-7,8(11)12)10-3-4-13-2/h7,10H,3-6H2,1-2H3,(H,11,12). The molecular weight excluding hydrogens is 170 g/mol. The van der Waals surface area contributed by atoms with E-state index in [0.29, 0.717) is 19.1 Å². The van der Waals surface area contributed by atoms with Crippen LogP contribution in [0, 0.1) is 5.92 Å². The molecule has 1 aliphatic carbocycles. The molecule has 0 aliphatic heterocycles. The topological polar surface area (TPSA) is 58.6 Å². The van der Waals surface area contributed by atoms with Crippen LogP contribution in [0.4, 0.5) is 0 Å². The molecule has 0 bridgehead atoms. The minimum atomic E-state index is -0.735. The molecule has 1 rings (SSSR count). The maximum absolute atomic E-state index is 10.9. The highest BCUT2D eigenvalue weighted by Gasteiger charge is 2.47. The second-order valence-corrected chi connectivity index (χ2v) is 3.82. The zero-order valence-corrected chi connectivity index (χ0v) is 8.17. The molecule has 0 saturated heterocycles. The van der Waals surface area contributed by atoms with Crippen molar-refractivity contribution in [2.24, 2.45) is 5.92 Å². The van der Waals surface area contributed by atoms with Crippen molar-refractivity contribution in [2.45, 2.75) is 25.3 Å². The van der Waals surface area contributed by atoms with Crippen molar-refractivity contribution in [3.05, 3.63) is 0 Å². The Morgan fingerprint density at radius 1 is 1.69 bits per heavy atom. The number of hydrogen-bond acceptors (Lipinski definition) is 3. The molecule has 1 aliphatic rings. The number of hydrogen-bond donors (Lipinski definition) is 2. The summed E-state index contributed by atoms with van der Waals surface area (Å²) >= 11 is 0. The van der Waals surface area contributed by atoms with Gasteiger partial charge in [-0.2, -0.15) is 0 Å². The van der Waals surface area contributed by atoms with Crippen molar-refractivity contribution in [2.75, 3.05) is 20.3 Å². The third-order valence-corrected chi connectivity index (χ3v) is 2.57. The Labute approximate surface area is 78.3 Å². The SMILES string of the molecule is COCCNC1(C(=O)O)CC(C)C1. The fourth-order valence-electron chi connectivity index (χ4n) is 1.92. The second-order valence-electron chi connectivity index (χ2n) is 3.82. The monoisotopic (exact) mass is 187 g/mol. The van der Waals surface area contributed by atoms with Gasteiger partial charge in [-0.25, -0.2) is 0 Å². The summed E-state index contributed by atoms with van der Waals surface area (Å²) in [6.07, 6.45) is 1.46. The third kappa shape index (κ3) is 2.19. The average Bonchev–Trinajstić information content (AvgIpc) is 2.00. The molecule has 13 heavy (non-hydrogen) atoms. The van der Waals surface area contributed by atoms with E-state index in [-0.39, 0.29) is 0 Å². The molecule has 1 fully saturated rings. The zero-order valence-electron chi connectivity index (χ0n) is 8.17. The van der Waals surface area contributed by atoms with Crippen LogP contribution in [0.25, 0.3) is 0 Å². The lowest BCUT2D eigenvalue weighted by Gasteiger charge is -2.43. The van der Waals surface area contributed by atoms with Crippen LogP contribution in [-0.4, -0.2) is 36.9 Å². The molecule has 0 aromatic rings. The molecule has 0 amide bonds. The van der Waals surface area contributed by atoms with E-state index >= 15 is 0 Å². The van der Waals surface area contributed by atoms with Gasteiger partial charge < -0.3 is 9.84 Å². The lowest BCUT2D eigenvalue weighted by molar-refractivity contribution is -0.151. The largest absolute Gasteiger partial charge is 0.480 e. The van der Waals surface area contributed by atoms with Gasteiger partial charge in [0.15, 0.2) is 0 Å². The predicted octanol–water partition coefficient (Wildman–Crippen LogP) is 0.476. The Balaban J connectivity index is 2.36. The predicted molar refractivity (Wildman–Crippen MR) is 48.6 cm³/mol. The summed E-state index contributed by atoms with van der Waals surface area (Å²) < 4.78 is 4.86. The number of methoxy groups -OCH3 is 1. The molecular formula is C9H17NO3. The first-order chi connectivity index (χ1) is 6.10. The fourth-order valence-corrected chi connectivity index (χ4v) is 1.92. The number of carboxylic acids is 1. The molecule has 2 N–H and O–H groups in total. The molecule has 0 aromatic heterocycles. The highest BCUT2D eigenvalue weighted by Crippen LogP contribution is 2.37. The first-order valence-corrected chi connectivity index (χ1v) is 4.58. The molecule has 0 unspecified atom stereocenters. The Morgan fingerprint density at radius 3 is 2.69 bits per heavy atom. The molecule has 0 radical (unpaired) electrons. The van der Waals surface area contributed by atoms with E-state index in [1.807, 2.05) is 0 Å². The summed E-state index contributed by atoms with van der Waals surface area (Å²) in [7, 11) is 1.61. The molecule has 0 spiro atoms. The van der Waals surface area contributed by atoms with Gasteiger partial charge in [0.25, 0.3) is 0 Å². The van der Waals surface area contributed by atoms with E-state index in [0.717, 1.165) is 12.8 Å². The smallest absolute Gasteiger partial charge is 0.323 e. The molecule has 0 heterocycles. The normalized spacial score (nSPS) is 32.6. The van der Waals surface area contributed by atoms with E-state index in [4.69, 9.17) is 9.84 Å². The molecule has 1 saturated carbocycles. The number of rotatable bonds is 5. The van der Waals surface area contributed by atoms with Crippen molar-refractivity contribution < 1.29 is 14.6 Å². The lowest BCUT2D eigenvalue weighted by Crippen LogP contribution is -2.60. The first-order valence-electron chi connectivity index (χ1n) is 4.58.